The smallest absolute Gasteiger partial charge is 0.308 e. The van der Waals surface area contributed by atoms with E-state index in [4.69, 9.17) is 34.8 Å². The van der Waals surface area contributed by atoms with Crippen LogP contribution in [0.25, 0.3) is 0 Å². The minimum absolute atomic E-state index is 0.0632. The molecule has 2 N–H and O–H groups in total. The van der Waals surface area contributed by atoms with Crippen molar-refractivity contribution >= 4 is 84.3 Å². The maximum Gasteiger partial charge on any atom is 0.413 e. The summed E-state index contributed by atoms with van der Waals surface area (Å²) in [6.07, 6.45) is -5.00. The van der Waals surface area contributed by atoms with Gasteiger partial charge in [-0.2, -0.15) is 13.2 Å². The molecule has 4 nitrogen and oxygen atoms in total. The number of benzene rings is 2. The van der Waals surface area contributed by atoms with E-state index in [1.807, 2.05) is 0 Å². The maximum absolute atomic E-state index is 12.9. The molecule has 3 amide bonds. The Morgan fingerprint density at radius 2 is 1.53 bits per heavy atom. The molecule has 0 unspecified atom stereocenters. The van der Waals surface area contributed by atoms with E-state index in [-0.39, 0.29) is 44.7 Å². The topological polar surface area (TPSA) is 58.2 Å². The molecule has 0 saturated heterocycles. The number of amides is 3. The Morgan fingerprint density at radius 1 is 0.967 bits per heavy atom. The number of hydrogen-bond donors (Lipinski definition) is 2. The number of carbonyl (C=O) groups excluding carboxylic acids is 2. The number of rotatable bonds is 5. The first-order valence-corrected chi connectivity index (χ1v) is 10.8. The fourth-order valence-electron chi connectivity index (χ4n) is 2.32. The fourth-order valence-corrected chi connectivity index (χ4v) is 3.61. The third-order valence-electron chi connectivity index (χ3n) is 3.85. The van der Waals surface area contributed by atoms with Crippen LogP contribution in [-0.2, 0) is 6.42 Å². The largest absolute Gasteiger partial charge is 0.413 e. The molecule has 0 aliphatic carbocycles. The SMILES string of the molecule is O=C(NC(=O)c1ccccc1Cl)Nc1cc(Cl)c(CCC(Br)(Br)C(F)(F)F)c(Cl)c1. The number of hydrogen-bond acceptors (Lipinski definition) is 2. The second kappa shape index (κ2) is 10.1. The molecule has 0 bridgehead atoms. The number of carbonyl (C=O) groups is 2. The first kappa shape index (κ1) is 25.3. The predicted octanol–water partition coefficient (Wildman–Crippen LogP) is 7.59. The zero-order valence-corrected chi connectivity index (χ0v) is 20.2. The van der Waals surface area contributed by atoms with Gasteiger partial charge in [0, 0.05) is 15.7 Å². The fraction of sp³-hybridized carbons (Fsp3) is 0.222. The lowest BCUT2D eigenvalue weighted by Crippen LogP contribution is -2.34. The number of alkyl halides is 5. The number of anilines is 1. The summed E-state index contributed by atoms with van der Waals surface area (Å²) in [5.41, 5.74) is 0.542. The van der Waals surface area contributed by atoms with Crippen LogP contribution in [0.1, 0.15) is 22.3 Å². The third-order valence-corrected chi connectivity index (χ3v) is 6.54. The Bertz CT molecular complexity index is 949. The van der Waals surface area contributed by atoms with E-state index in [1.54, 1.807) is 12.1 Å². The Hall–Kier alpha value is -1.000. The molecule has 0 aliphatic heterocycles. The summed E-state index contributed by atoms with van der Waals surface area (Å²) in [6, 6.07) is 7.94. The molecule has 0 atom stereocenters. The van der Waals surface area contributed by atoms with Crippen molar-refractivity contribution in [3.63, 3.8) is 0 Å². The second-order valence-electron chi connectivity index (χ2n) is 6.01. The van der Waals surface area contributed by atoms with Crippen LogP contribution in [0.5, 0.6) is 0 Å². The highest BCUT2D eigenvalue weighted by atomic mass is 79.9. The van der Waals surface area contributed by atoms with Crippen LogP contribution in [0, 0.1) is 0 Å². The Morgan fingerprint density at radius 3 is 2.07 bits per heavy atom. The van der Waals surface area contributed by atoms with Crippen LogP contribution in [0.4, 0.5) is 23.7 Å². The van der Waals surface area contributed by atoms with Crippen LogP contribution < -0.4 is 10.6 Å². The number of nitrogens with one attached hydrogen (secondary N) is 2. The minimum atomic E-state index is -4.53. The zero-order chi connectivity index (χ0) is 22.7. The molecule has 2 rings (SSSR count). The molecular formula is C18H12Br2Cl3F3N2O2. The summed E-state index contributed by atoms with van der Waals surface area (Å²) in [5, 5.41) is 4.79. The average molecular weight is 611 g/mol. The highest BCUT2D eigenvalue weighted by Crippen LogP contribution is 2.47. The first-order chi connectivity index (χ1) is 13.8. The minimum Gasteiger partial charge on any atom is -0.308 e. The molecule has 12 heteroatoms. The molecule has 0 aliphatic rings. The second-order valence-corrected chi connectivity index (χ2v) is 11.0. The molecule has 162 valence electrons. The molecule has 2 aromatic rings. The standard InChI is InChI=1S/C18H12Br2Cl3F3N2O2/c19-17(20,18(24,25)26)6-5-10-13(22)7-9(8-14(10)23)27-16(30)28-15(29)11-3-1-2-4-12(11)21/h1-4,7-8H,5-6H2,(H2,27,28,29,30). The Balaban J connectivity index is 2.07. The van der Waals surface area contributed by atoms with Gasteiger partial charge in [0.2, 0.25) is 0 Å². The summed E-state index contributed by atoms with van der Waals surface area (Å²) in [7, 11) is 0. The van der Waals surface area contributed by atoms with Crippen molar-refractivity contribution < 1.29 is 22.8 Å². The molecular weight excluding hydrogens is 599 g/mol. The Kier molecular flexibility index (Phi) is 8.49. The van der Waals surface area contributed by atoms with Crippen LogP contribution in [0.3, 0.4) is 0 Å². The van der Waals surface area contributed by atoms with Gasteiger partial charge in [-0.3, -0.25) is 10.1 Å². The van der Waals surface area contributed by atoms with Crippen molar-refractivity contribution in [2.24, 2.45) is 0 Å². The van der Waals surface area contributed by atoms with Crippen molar-refractivity contribution in [1.29, 1.82) is 0 Å². The van der Waals surface area contributed by atoms with Crippen LogP contribution in [0.2, 0.25) is 15.1 Å². The first-order valence-electron chi connectivity index (χ1n) is 8.11. The lowest BCUT2D eigenvalue weighted by molar-refractivity contribution is -0.134. The monoisotopic (exact) mass is 608 g/mol. The van der Waals surface area contributed by atoms with Gasteiger partial charge in [-0.15, -0.1) is 0 Å². The molecule has 30 heavy (non-hydrogen) atoms. The zero-order valence-electron chi connectivity index (χ0n) is 14.7. The lowest BCUT2D eigenvalue weighted by Gasteiger charge is -2.24. The summed E-state index contributed by atoms with van der Waals surface area (Å²) in [5.74, 6) is -0.718. The summed E-state index contributed by atoms with van der Waals surface area (Å²) >= 11 is 23.4. The van der Waals surface area contributed by atoms with Gasteiger partial charge in [-0.25, -0.2) is 4.79 Å². The molecule has 2 aromatic carbocycles. The van der Waals surface area contributed by atoms with Gasteiger partial charge < -0.3 is 5.32 Å². The van der Waals surface area contributed by atoms with Crippen molar-refractivity contribution in [3.05, 3.63) is 62.6 Å². The van der Waals surface area contributed by atoms with E-state index < -0.39 is 21.3 Å². The van der Waals surface area contributed by atoms with Gasteiger partial charge in [0.05, 0.1) is 10.6 Å². The third kappa shape index (κ3) is 6.50. The van der Waals surface area contributed by atoms with E-state index in [9.17, 15) is 22.8 Å². The normalized spacial score (nSPS) is 11.9. The number of imide groups is 1. The number of urea groups is 1. The van der Waals surface area contributed by atoms with Crippen LogP contribution >= 0.6 is 66.7 Å². The van der Waals surface area contributed by atoms with Crippen molar-refractivity contribution in [2.75, 3.05) is 5.32 Å². The van der Waals surface area contributed by atoms with Crippen LogP contribution in [0.15, 0.2) is 36.4 Å². The quantitative estimate of drug-likeness (QED) is 0.343. The average Bonchev–Trinajstić information content (AvgIpc) is 2.60. The summed E-state index contributed by atoms with van der Waals surface area (Å²) in [4.78, 5) is 24.2. The van der Waals surface area contributed by atoms with Gasteiger partial charge in [0.15, 0.2) is 3.23 Å². The van der Waals surface area contributed by atoms with E-state index in [2.05, 4.69) is 42.5 Å². The summed E-state index contributed by atoms with van der Waals surface area (Å²) < 4.78 is 36.6. The number of halogens is 8. The van der Waals surface area contributed by atoms with Gasteiger partial charge in [0.25, 0.3) is 5.91 Å². The lowest BCUT2D eigenvalue weighted by atomic mass is 10.1. The molecule has 0 heterocycles. The molecule has 0 fully saturated rings. The van der Waals surface area contributed by atoms with Gasteiger partial charge in [0.1, 0.15) is 0 Å². The predicted molar refractivity (Wildman–Crippen MR) is 119 cm³/mol. The summed E-state index contributed by atoms with van der Waals surface area (Å²) in [6.45, 7) is 0. The molecule has 0 radical (unpaired) electrons. The van der Waals surface area contributed by atoms with Gasteiger partial charge >= 0.3 is 12.2 Å². The Labute approximate surface area is 201 Å². The van der Waals surface area contributed by atoms with E-state index in [0.29, 0.717) is 0 Å². The van der Waals surface area contributed by atoms with E-state index >= 15 is 0 Å². The van der Waals surface area contributed by atoms with E-state index in [0.717, 1.165) is 0 Å². The molecule has 0 aromatic heterocycles. The van der Waals surface area contributed by atoms with E-state index in [1.165, 1.54) is 24.3 Å². The van der Waals surface area contributed by atoms with Crippen molar-refractivity contribution in [3.8, 4) is 0 Å². The highest BCUT2D eigenvalue weighted by molar-refractivity contribution is 9.25. The molecule has 0 spiro atoms. The highest BCUT2D eigenvalue weighted by Gasteiger charge is 2.50. The van der Waals surface area contributed by atoms with Gasteiger partial charge in [-0.1, -0.05) is 78.8 Å². The van der Waals surface area contributed by atoms with Crippen LogP contribution in [-0.4, -0.2) is 21.3 Å². The van der Waals surface area contributed by atoms with Gasteiger partial charge in [-0.05, 0) is 42.7 Å². The molecule has 0 saturated carbocycles. The van der Waals surface area contributed by atoms with Crippen molar-refractivity contribution in [2.45, 2.75) is 22.3 Å². The van der Waals surface area contributed by atoms with Crippen molar-refractivity contribution in [1.82, 2.24) is 5.32 Å². The maximum atomic E-state index is 12.9.